The fraction of sp³-hybridized carbons (Fsp3) is 0.426. The molecule has 21 heteroatoms. The molecule has 0 saturated carbocycles. The van der Waals surface area contributed by atoms with E-state index in [9.17, 15) is 47.4 Å². The summed E-state index contributed by atoms with van der Waals surface area (Å²) >= 11 is 0. The van der Waals surface area contributed by atoms with Gasteiger partial charge in [-0.25, -0.2) is 8.78 Å². The van der Waals surface area contributed by atoms with E-state index < -0.39 is 58.7 Å². The summed E-state index contributed by atoms with van der Waals surface area (Å²) in [6.07, 6.45) is 2.27. The zero-order chi connectivity index (χ0) is 48.2. The highest BCUT2D eigenvalue weighted by Gasteiger charge is 2.52. The third kappa shape index (κ3) is 11.9. The predicted octanol–water partition coefficient (Wildman–Crippen LogP) is 2.68. The number of benzene rings is 3. The number of aromatic nitrogens is 1. The fourth-order valence-electron chi connectivity index (χ4n) is 7.99. The molecule has 19 nitrogen and oxygen atoms in total. The largest absolute Gasteiger partial charge is 0.490 e. The van der Waals surface area contributed by atoms with Crippen molar-refractivity contribution in [2.75, 3.05) is 77.5 Å². The van der Waals surface area contributed by atoms with Gasteiger partial charge in [0.1, 0.15) is 35.7 Å². The maximum absolute atomic E-state index is 13.5. The topological polar surface area (TPSA) is 244 Å². The summed E-state index contributed by atoms with van der Waals surface area (Å²) in [6, 6.07) is 13.0. The monoisotopic (exact) mass is 946 g/mol. The highest BCUT2D eigenvalue weighted by atomic mass is 19.1. The highest BCUT2D eigenvalue weighted by molar-refractivity contribution is 6.24. The number of aromatic amines is 1. The van der Waals surface area contributed by atoms with Crippen LogP contribution in [0.4, 0.5) is 14.5 Å². The number of fused-ring (bicyclic) bond motifs is 2. The summed E-state index contributed by atoms with van der Waals surface area (Å²) < 4.78 is 55.1. The Labute approximate surface area is 388 Å². The van der Waals surface area contributed by atoms with Gasteiger partial charge >= 0.3 is 0 Å². The Balaban J connectivity index is 0.683. The molecule has 2 unspecified atom stereocenters. The molecule has 1 aromatic heterocycles. The lowest BCUT2D eigenvalue weighted by Crippen LogP contribution is -2.54. The Hall–Kier alpha value is -6.65. The third-order valence-corrected chi connectivity index (χ3v) is 11.5. The van der Waals surface area contributed by atoms with Crippen LogP contribution in [0.25, 0.3) is 10.9 Å². The molecule has 2 atom stereocenters. The Kier molecular flexibility index (Phi) is 16.6. The molecular formula is C47H52F2N6O13. The molecule has 68 heavy (non-hydrogen) atoms. The van der Waals surface area contributed by atoms with E-state index in [1.807, 2.05) is 0 Å². The van der Waals surface area contributed by atoms with Gasteiger partial charge in [0.05, 0.1) is 57.4 Å². The van der Waals surface area contributed by atoms with Crippen molar-refractivity contribution < 1.29 is 71.1 Å². The molecule has 3 aliphatic heterocycles. The van der Waals surface area contributed by atoms with Gasteiger partial charge in [-0.1, -0.05) is 6.07 Å². The van der Waals surface area contributed by atoms with E-state index in [0.717, 1.165) is 36.3 Å². The van der Waals surface area contributed by atoms with E-state index >= 15 is 0 Å². The molecule has 3 aliphatic rings. The van der Waals surface area contributed by atoms with Crippen molar-refractivity contribution in [1.29, 1.82) is 0 Å². The SMILES string of the molecule is O=C1CCC(N2C(=O)c3cccc(OCCOCCOCCOCCOCCCCCNC(=O)c4cc5cc(N6CCC(O)(C(=O)NCc7cc(F)cc(F)c7)C6=O)ccc5[nH]4)c3C2=O)C(=O)N1. The Morgan fingerprint density at radius 2 is 1.47 bits per heavy atom. The van der Waals surface area contributed by atoms with E-state index in [1.54, 1.807) is 36.4 Å². The molecular weight excluding hydrogens is 895 g/mol. The smallest absolute Gasteiger partial charge is 0.268 e. The van der Waals surface area contributed by atoms with Crippen LogP contribution < -0.4 is 25.6 Å². The highest BCUT2D eigenvalue weighted by Crippen LogP contribution is 2.34. The number of amides is 7. The first-order valence-corrected chi connectivity index (χ1v) is 22.3. The third-order valence-electron chi connectivity index (χ3n) is 11.5. The number of rotatable bonds is 25. The van der Waals surface area contributed by atoms with Crippen LogP contribution in [0.2, 0.25) is 0 Å². The van der Waals surface area contributed by atoms with Crippen LogP contribution in [0.15, 0.2) is 60.7 Å². The van der Waals surface area contributed by atoms with Crippen LogP contribution in [-0.4, -0.2) is 141 Å². The minimum absolute atomic E-state index is 0.0311. The zero-order valence-corrected chi connectivity index (χ0v) is 37.1. The number of hydrogen-bond acceptors (Lipinski definition) is 13. The molecule has 0 spiro atoms. The van der Waals surface area contributed by atoms with E-state index in [2.05, 4.69) is 20.9 Å². The molecule has 4 aromatic rings. The summed E-state index contributed by atoms with van der Waals surface area (Å²) in [5.74, 6) is -5.92. The number of hydrogen-bond donors (Lipinski definition) is 5. The summed E-state index contributed by atoms with van der Waals surface area (Å²) in [4.78, 5) is 94.2. The van der Waals surface area contributed by atoms with Gasteiger partial charge in [0.2, 0.25) is 17.4 Å². The van der Waals surface area contributed by atoms with Crippen LogP contribution in [0.1, 0.15) is 75.3 Å². The number of H-pyrrole nitrogens is 1. The number of carbonyl (C=O) groups excluding carboxylic acids is 7. The second-order valence-electron chi connectivity index (χ2n) is 16.2. The van der Waals surface area contributed by atoms with Crippen molar-refractivity contribution in [3.8, 4) is 5.75 Å². The first-order chi connectivity index (χ1) is 32.8. The van der Waals surface area contributed by atoms with E-state index in [1.165, 1.54) is 11.0 Å². The molecule has 0 bridgehead atoms. The number of halogens is 2. The van der Waals surface area contributed by atoms with Gasteiger partial charge in [0.25, 0.3) is 29.5 Å². The maximum atomic E-state index is 13.5. The van der Waals surface area contributed by atoms with Crippen LogP contribution in [0.5, 0.6) is 5.75 Å². The van der Waals surface area contributed by atoms with Crippen molar-refractivity contribution in [2.24, 2.45) is 0 Å². The van der Waals surface area contributed by atoms with Gasteiger partial charge in [-0.2, -0.15) is 0 Å². The average Bonchev–Trinajstić information content (AvgIpc) is 3.96. The van der Waals surface area contributed by atoms with Crippen molar-refractivity contribution in [1.82, 2.24) is 25.8 Å². The number of anilines is 1. The van der Waals surface area contributed by atoms with Crippen molar-refractivity contribution in [3.63, 3.8) is 0 Å². The standard InChI is InChI=1S/C47H52F2N6O13/c48-31-23-29(24-32(49)27-31)28-51-45(61)47(63)11-13-54(46(47)62)33-7-8-35-30(25-33)26-36(52-35)41(57)50-12-2-1-3-14-64-15-16-65-17-18-66-19-20-67-21-22-68-38-6-4-5-34-40(38)44(60)55(43(34)59)37-9-10-39(56)53-42(37)58/h4-8,23-27,37,52,63H,1-3,9-22,28H2,(H,50,57)(H,51,61)(H,53,56,58). The molecule has 7 amide bonds. The average molecular weight is 947 g/mol. The lowest BCUT2D eigenvalue weighted by Gasteiger charge is -2.27. The minimum Gasteiger partial charge on any atom is -0.490 e. The number of unbranched alkanes of at least 4 members (excludes halogenated alkanes) is 2. The number of aliphatic hydroxyl groups is 1. The predicted molar refractivity (Wildman–Crippen MR) is 236 cm³/mol. The second-order valence-corrected chi connectivity index (χ2v) is 16.2. The van der Waals surface area contributed by atoms with E-state index in [-0.39, 0.29) is 73.9 Å². The zero-order valence-electron chi connectivity index (χ0n) is 37.1. The molecule has 3 aromatic carbocycles. The summed E-state index contributed by atoms with van der Waals surface area (Å²) in [6.45, 7) is 3.25. The van der Waals surface area contributed by atoms with Crippen LogP contribution in [-0.2, 0) is 44.7 Å². The quantitative estimate of drug-likeness (QED) is 0.0365. The van der Waals surface area contributed by atoms with Crippen LogP contribution in [0.3, 0.4) is 0 Å². The molecule has 0 aliphatic carbocycles. The van der Waals surface area contributed by atoms with Crippen LogP contribution in [0, 0.1) is 11.6 Å². The number of piperidine rings is 1. The molecule has 0 radical (unpaired) electrons. The Bertz CT molecular complexity index is 2520. The molecule has 2 fully saturated rings. The first kappa shape index (κ1) is 49.3. The Morgan fingerprint density at radius 1 is 0.779 bits per heavy atom. The number of nitrogens with one attached hydrogen (secondary N) is 4. The van der Waals surface area contributed by atoms with Gasteiger partial charge < -0.3 is 49.3 Å². The first-order valence-electron chi connectivity index (χ1n) is 22.3. The fourth-order valence-corrected chi connectivity index (χ4v) is 7.99. The Morgan fingerprint density at radius 3 is 2.18 bits per heavy atom. The number of nitrogens with zero attached hydrogens (tertiary/aromatic N) is 2. The van der Waals surface area contributed by atoms with E-state index in [0.29, 0.717) is 81.1 Å². The number of ether oxygens (including phenoxy) is 5. The summed E-state index contributed by atoms with van der Waals surface area (Å²) in [5.41, 5.74) is -0.607. The second kappa shape index (κ2) is 22.9. The molecule has 4 heterocycles. The van der Waals surface area contributed by atoms with Crippen LogP contribution >= 0.6 is 0 Å². The molecule has 7 rings (SSSR count). The maximum Gasteiger partial charge on any atom is 0.268 e. The van der Waals surface area contributed by atoms with Gasteiger partial charge in [-0.3, -0.25) is 43.8 Å². The van der Waals surface area contributed by atoms with Crippen molar-refractivity contribution >= 4 is 57.9 Å². The molecule has 362 valence electrons. The normalized spacial score (nSPS) is 18.1. The van der Waals surface area contributed by atoms with Gasteiger partial charge in [0.15, 0.2) is 0 Å². The minimum atomic E-state index is -2.36. The molecule has 5 N–H and O–H groups in total. The number of carbonyl (C=O) groups is 7. The van der Waals surface area contributed by atoms with Crippen molar-refractivity contribution in [2.45, 2.75) is 56.7 Å². The number of imide groups is 2. The molecule has 2 saturated heterocycles. The lowest BCUT2D eigenvalue weighted by atomic mass is 10.0. The van der Waals surface area contributed by atoms with E-state index in [4.69, 9.17) is 23.7 Å². The van der Waals surface area contributed by atoms with Gasteiger partial charge in [0, 0.05) is 61.7 Å². The summed E-state index contributed by atoms with van der Waals surface area (Å²) in [7, 11) is 0. The van der Waals surface area contributed by atoms with Gasteiger partial charge in [-0.05, 0) is 79.8 Å². The van der Waals surface area contributed by atoms with Crippen molar-refractivity contribution in [3.05, 3.63) is 94.7 Å². The summed E-state index contributed by atoms with van der Waals surface area (Å²) in [5, 5.41) is 19.1. The van der Waals surface area contributed by atoms with Gasteiger partial charge in [-0.15, -0.1) is 0 Å². The lowest BCUT2D eigenvalue weighted by molar-refractivity contribution is -0.149.